The van der Waals surface area contributed by atoms with E-state index in [2.05, 4.69) is 10.2 Å². The third-order valence-electron chi connectivity index (χ3n) is 7.84. The Kier molecular flexibility index (Phi) is 11.8. The number of nitrogens with zero attached hydrogens (tertiary/aromatic N) is 3. The molecule has 3 unspecified atom stereocenters. The fraction of sp³-hybridized carbons (Fsp3) is 0.222. The Labute approximate surface area is 272 Å². The van der Waals surface area contributed by atoms with Crippen molar-refractivity contribution in [2.75, 3.05) is 6.54 Å². The van der Waals surface area contributed by atoms with Crippen LogP contribution in [0.1, 0.15) is 47.4 Å². The second kappa shape index (κ2) is 15.9. The number of para-hydroxylation sites is 1. The molecular formula is C36H34N3NiO5-. The molecule has 5 rings (SSSR count). The molecule has 0 radical (unpaired) electrons. The van der Waals surface area contributed by atoms with Crippen LogP contribution in [0.3, 0.4) is 0 Å². The SMILES string of the molecule is O=C(O)CC(c1ccccc1)C(N=C(c1ccccc1)c1ccccc1[N-]C(=O)C1CCCN1Cc1ccccc1)C(=O)O.[Ni]. The molecule has 0 saturated carbocycles. The summed E-state index contributed by atoms with van der Waals surface area (Å²) < 4.78 is 0. The van der Waals surface area contributed by atoms with Gasteiger partial charge in [-0.15, -0.1) is 5.69 Å². The van der Waals surface area contributed by atoms with Gasteiger partial charge in [0.1, 0.15) is 0 Å². The minimum atomic E-state index is -1.41. The van der Waals surface area contributed by atoms with Crippen LogP contribution in [0.2, 0.25) is 0 Å². The zero-order valence-corrected chi connectivity index (χ0v) is 25.5. The zero-order valence-electron chi connectivity index (χ0n) is 24.5. The number of rotatable bonds is 12. The molecule has 1 fully saturated rings. The van der Waals surface area contributed by atoms with Gasteiger partial charge >= 0.3 is 11.9 Å². The summed E-state index contributed by atoms with van der Waals surface area (Å²) in [6.07, 6.45) is 1.17. The first kappa shape index (κ1) is 33.3. The molecule has 3 atom stereocenters. The van der Waals surface area contributed by atoms with Gasteiger partial charge < -0.3 is 20.3 Å². The van der Waals surface area contributed by atoms with E-state index in [9.17, 15) is 24.6 Å². The van der Waals surface area contributed by atoms with Gasteiger partial charge in [-0.2, -0.15) is 0 Å². The maximum atomic E-state index is 13.7. The fourth-order valence-corrected chi connectivity index (χ4v) is 5.73. The molecule has 1 saturated heterocycles. The smallest absolute Gasteiger partial charge is 0.329 e. The van der Waals surface area contributed by atoms with E-state index in [-0.39, 0.29) is 28.4 Å². The van der Waals surface area contributed by atoms with E-state index >= 15 is 0 Å². The first-order valence-corrected chi connectivity index (χ1v) is 14.7. The van der Waals surface area contributed by atoms with Gasteiger partial charge in [-0.05, 0) is 36.1 Å². The number of hydrogen-bond donors (Lipinski definition) is 2. The van der Waals surface area contributed by atoms with Crippen LogP contribution >= 0.6 is 0 Å². The Hall–Kier alpha value is -4.59. The standard InChI is InChI=1S/C36H35N3O5.Ni/c40-32(41)23-29(26-15-6-2-7-16-26)34(36(43)44)38-33(27-17-8-3-9-18-27)28-19-10-11-20-30(28)37-35(42)31-21-12-22-39(31)24-25-13-4-1-5-14-25;/h1-11,13-20,29,31,34H,12,21-24H2,(H3,37,38,40,41,42,43,44);/p-1. The third-order valence-corrected chi connectivity index (χ3v) is 7.84. The van der Waals surface area contributed by atoms with E-state index in [1.165, 1.54) is 0 Å². The van der Waals surface area contributed by atoms with Gasteiger partial charge in [0.15, 0.2) is 6.04 Å². The molecular weight excluding hydrogens is 613 g/mol. The number of carbonyl (C=O) groups excluding carboxylic acids is 1. The van der Waals surface area contributed by atoms with Crippen molar-refractivity contribution in [3.63, 3.8) is 0 Å². The minimum absolute atomic E-state index is 0. The number of amides is 1. The molecule has 4 aromatic carbocycles. The molecule has 0 aromatic heterocycles. The summed E-state index contributed by atoms with van der Waals surface area (Å²) in [4.78, 5) is 45.2. The van der Waals surface area contributed by atoms with Crippen LogP contribution in [0.4, 0.5) is 5.69 Å². The molecule has 8 nitrogen and oxygen atoms in total. The summed E-state index contributed by atoms with van der Waals surface area (Å²) in [5.41, 5.74) is 3.51. The van der Waals surface area contributed by atoms with Crippen LogP contribution in [-0.2, 0) is 37.4 Å². The predicted octanol–water partition coefficient (Wildman–Crippen LogP) is 6.43. The van der Waals surface area contributed by atoms with E-state index in [1.54, 1.807) is 54.6 Å². The monoisotopic (exact) mass is 646 g/mol. The first-order chi connectivity index (χ1) is 21.4. The number of carboxylic acid groups (broad SMARTS) is 2. The van der Waals surface area contributed by atoms with Crippen LogP contribution in [0.5, 0.6) is 0 Å². The molecule has 1 amide bonds. The average Bonchev–Trinajstić information content (AvgIpc) is 3.50. The molecule has 0 aliphatic carbocycles. The Bertz CT molecular complexity index is 1620. The molecule has 9 heteroatoms. The summed E-state index contributed by atoms with van der Waals surface area (Å²) in [5.74, 6) is -3.57. The summed E-state index contributed by atoms with van der Waals surface area (Å²) in [6, 6.07) is 33.1. The van der Waals surface area contributed by atoms with Crippen molar-refractivity contribution in [2.45, 2.75) is 43.8 Å². The molecule has 1 aliphatic heterocycles. The van der Waals surface area contributed by atoms with E-state index in [0.29, 0.717) is 41.1 Å². The van der Waals surface area contributed by atoms with Crippen LogP contribution in [-0.4, -0.2) is 57.3 Å². The molecule has 0 spiro atoms. The van der Waals surface area contributed by atoms with Crippen molar-refractivity contribution in [1.82, 2.24) is 4.90 Å². The summed E-state index contributed by atoms with van der Waals surface area (Å²) in [5, 5.41) is 24.7. The van der Waals surface area contributed by atoms with Crippen LogP contribution < -0.4 is 0 Å². The van der Waals surface area contributed by atoms with Crippen molar-refractivity contribution in [2.24, 2.45) is 4.99 Å². The Morgan fingerprint density at radius 2 is 1.42 bits per heavy atom. The van der Waals surface area contributed by atoms with Gasteiger partial charge in [0.2, 0.25) is 0 Å². The Balaban J connectivity index is 0.00000461. The van der Waals surface area contributed by atoms with Gasteiger partial charge in [-0.1, -0.05) is 115 Å². The van der Waals surface area contributed by atoms with E-state index < -0.39 is 30.3 Å². The van der Waals surface area contributed by atoms with Crippen LogP contribution in [0.15, 0.2) is 120 Å². The summed E-state index contributed by atoms with van der Waals surface area (Å²) >= 11 is 0. The van der Waals surface area contributed by atoms with Crippen LogP contribution in [0.25, 0.3) is 5.32 Å². The van der Waals surface area contributed by atoms with E-state index in [4.69, 9.17) is 4.99 Å². The van der Waals surface area contributed by atoms with Crippen molar-refractivity contribution < 1.29 is 41.1 Å². The number of likely N-dealkylation sites (tertiary alicyclic amines) is 1. The van der Waals surface area contributed by atoms with Crippen LogP contribution in [0, 0.1) is 0 Å². The molecule has 4 aromatic rings. The largest absolute Gasteiger partial charge is 0.625 e. The number of benzene rings is 4. The number of carbonyl (C=O) groups is 3. The Morgan fingerprint density at radius 3 is 2.07 bits per heavy atom. The van der Waals surface area contributed by atoms with Crippen molar-refractivity contribution in [3.05, 3.63) is 143 Å². The molecule has 0 bridgehead atoms. The predicted molar refractivity (Wildman–Crippen MR) is 169 cm³/mol. The van der Waals surface area contributed by atoms with Gasteiger partial charge in [-0.3, -0.25) is 14.7 Å². The number of aliphatic carboxylic acids is 2. The number of aliphatic imine (C=N–C) groups is 1. The molecule has 1 heterocycles. The first-order valence-electron chi connectivity index (χ1n) is 14.7. The summed E-state index contributed by atoms with van der Waals surface area (Å²) in [6.45, 7) is 1.44. The van der Waals surface area contributed by atoms with Gasteiger partial charge in [0.05, 0.1) is 24.1 Å². The van der Waals surface area contributed by atoms with Crippen molar-refractivity contribution in [3.8, 4) is 0 Å². The minimum Gasteiger partial charge on any atom is -0.625 e. The topological polar surface area (TPSA) is 121 Å². The van der Waals surface area contributed by atoms with Gasteiger partial charge in [0, 0.05) is 34.5 Å². The maximum Gasteiger partial charge on any atom is 0.329 e. The quantitative estimate of drug-likeness (QED) is 0.135. The molecule has 45 heavy (non-hydrogen) atoms. The number of hydrogen-bond acceptors (Lipinski definition) is 5. The van der Waals surface area contributed by atoms with Gasteiger partial charge in [0.25, 0.3) is 0 Å². The summed E-state index contributed by atoms with van der Waals surface area (Å²) in [7, 11) is 0. The second-order valence-corrected chi connectivity index (χ2v) is 10.8. The van der Waals surface area contributed by atoms with E-state index in [0.717, 1.165) is 18.5 Å². The van der Waals surface area contributed by atoms with E-state index in [1.807, 2.05) is 60.7 Å². The third kappa shape index (κ3) is 8.53. The van der Waals surface area contributed by atoms with Crippen molar-refractivity contribution in [1.29, 1.82) is 0 Å². The average molecular weight is 647 g/mol. The second-order valence-electron chi connectivity index (χ2n) is 10.8. The fourth-order valence-electron chi connectivity index (χ4n) is 5.73. The van der Waals surface area contributed by atoms with Crippen molar-refractivity contribution >= 4 is 29.2 Å². The normalized spacial score (nSPS) is 16.3. The molecule has 2 N–H and O–H groups in total. The molecule has 1 aliphatic rings. The molecule has 234 valence electrons. The zero-order chi connectivity index (χ0) is 30.9. The maximum absolute atomic E-state index is 13.7. The Morgan fingerprint density at radius 1 is 0.822 bits per heavy atom. The van der Waals surface area contributed by atoms with Gasteiger partial charge in [-0.25, -0.2) is 4.79 Å². The number of carboxylic acids is 2.